The first-order valence-corrected chi connectivity index (χ1v) is 10.1. The van der Waals surface area contributed by atoms with Gasteiger partial charge >= 0.3 is 0 Å². The third-order valence-corrected chi connectivity index (χ3v) is 3.53. The topological polar surface area (TPSA) is 162 Å². The lowest BCUT2D eigenvalue weighted by molar-refractivity contribution is 0.404. The Morgan fingerprint density at radius 2 is 0.353 bits per heavy atom. The molecule has 34 heavy (non-hydrogen) atoms. The number of benzene rings is 4. The summed E-state index contributed by atoms with van der Waals surface area (Å²) in [5, 5.41) is 69.4. The van der Waals surface area contributed by atoms with Crippen molar-refractivity contribution in [2.45, 2.75) is 13.8 Å². The number of rotatable bonds is 0. The molecule has 0 amide bonds. The maximum Gasteiger partial charge on any atom is 0.157 e. The van der Waals surface area contributed by atoms with E-state index in [2.05, 4.69) is 0 Å². The van der Waals surface area contributed by atoms with E-state index in [0.717, 1.165) is 0 Å². The molecule has 0 saturated heterocycles. The Labute approximate surface area is 198 Å². The summed E-state index contributed by atoms with van der Waals surface area (Å²) < 4.78 is 0. The summed E-state index contributed by atoms with van der Waals surface area (Å²) in [7, 11) is 0. The molecular weight excluding hydrogens is 440 g/mol. The lowest BCUT2D eigenvalue weighted by Crippen LogP contribution is -1.63. The minimum Gasteiger partial charge on any atom is -0.504 e. The molecule has 8 nitrogen and oxygen atoms in total. The maximum absolute atomic E-state index is 8.67. The fourth-order valence-electron chi connectivity index (χ4n) is 1.86. The van der Waals surface area contributed by atoms with Gasteiger partial charge in [0.2, 0.25) is 0 Å². The van der Waals surface area contributed by atoms with E-state index in [0.29, 0.717) is 0 Å². The molecule has 0 saturated carbocycles. The molecule has 4 rings (SSSR count). The van der Waals surface area contributed by atoms with Crippen molar-refractivity contribution in [2.24, 2.45) is 0 Å². The van der Waals surface area contributed by atoms with Crippen molar-refractivity contribution in [1.29, 1.82) is 0 Å². The highest BCUT2D eigenvalue weighted by Crippen LogP contribution is 2.23. The maximum atomic E-state index is 8.67. The zero-order valence-electron chi connectivity index (χ0n) is 18.8. The molecule has 0 aliphatic rings. The van der Waals surface area contributed by atoms with Crippen molar-refractivity contribution in [2.75, 3.05) is 0 Å². The van der Waals surface area contributed by atoms with Crippen molar-refractivity contribution < 1.29 is 40.9 Å². The van der Waals surface area contributed by atoms with Gasteiger partial charge in [0.1, 0.15) is 0 Å². The van der Waals surface area contributed by atoms with Crippen LogP contribution in [-0.2, 0) is 0 Å². The van der Waals surface area contributed by atoms with Crippen LogP contribution in [0.25, 0.3) is 0 Å². The molecule has 0 aliphatic heterocycles. The normalized spacial score (nSPS) is 8.65. The van der Waals surface area contributed by atoms with Gasteiger partial charge in [0.05, 0.1) is 0 Å². The number of aromatic hydroxyl groups is 8. The van der Waals surface area contributed by atoms with E-state index in [1.807, 2.05) is 13.8 Å². The van der Waals surface area contributed by atoms with E-state index in [1.165, 1.54) is 48.5 Å². The van der Waals surface area contributed by atoms with Gasteiger partial charge in [0.25, 0.3) is 0 Å². The molecule has 0 aromatic heterocycles. The van der Waals surface area contributed by atoms with Gasteiger partial charge in [-0.3, -0.25) is 0 Å². The van der Waals surface area contributed by atoms with Crippen molar-refractivity contribution in [3.63, 3.8) is 0 Å². The number of phenolic OH excluding ortho intramolecular Hbond substituents is 8. The molecule has 0 atom stereocenters. The first-order valence-electron chi connectivity index (χ1n) is 10.1. The summed E-state index contributed by atoms with van der Waals surface area (Å²) in [6.07, 6.45) is 0. The first-order chi connectivity index (χ1) is 16.2. The van der Waals surface area contributed by atoms with Gasteiger partial charge in [-0.15, -0.1) is 0 Å². The van der Waals surface area contributed by atoms with E-state index < -0.39 is 0 Å². The Balaban J connectivity index is 0.000000416. The third-order valence-electron chi connectivity index (χ3n) is 3.53. The van der Waals surface area contributed by atoms with Gasteiger partial charge in [-0.25, -0.2) is 0 Å². The second-order valence-corrected chi connectivity index (χ2v) is 5.95. The average molecular weight is 471 g/mol. The number of phenols is 8. The molecule has 0 aliphatic carbocycles. The van der Waals surface area contributed by atoms with E-state index in [1.54, 1.807) is 48.5 Å². The summed E-state index contributed by atoms with van der Waals surface area (Å²) in [4.78, 5) is 0. The van der Waals surface area contributed by atoms with E-state index in [-0.39, 0.29) is 46.0 Å². The molecule has 4 aromatic carbocycles. The predicted octanol–water partition coefficient (Wildman–Crippen LogP) is 5.42. The van der Waals surface area contributed by atoms with Crippen LogP contribution in [-0.4, -0.2) is 40.9 Å². The molecule has 182 valence electrons. The smallest absolute Gasteiger partial charge is 0.157 e. The average Bonchev–Trinajstić information content (AvgIpc) is 2.84. The molecule has 4 aromatic rings. The SMILES string of the molecule is CC.Oc1ccccc1O.Oc1ccccc1O.Oc1ccccc1O.Oc1ccccc1O. The van der Waals surface area contributed by atoms with Gasteiger partial charge in [0, 0.05) is 0 Å². The monoisotopic (exact) mass is 470 g/mol. The summed E-state index contributed by atoms with van der Waals surface area (Å²) in [6.45, 7) is 4.00. The third kappa shape index (κ3) is 12.2. The molecule has 8 N–H and O–H groups in total. The molecule has 8 heteroatoms. The number of hydrogen-bond acceptors (Lipinski definition) is 8. The van der Waals surface area contributed by atoms with Crippen LogP contribution in [0.5, 0.6) is 46.0 Å². The van der Waals surface area contributed by atoms with Gasteiger partial charge in [0.15, 0.2) is 46.0 Å². The van der Waals surface area contributed by atoms with Gasteiger partial charge in [-0.2, -0.15) is 0 Å². The molecule has 0 heterocycles. The Hall–Kier alpha value is -4.72. The van der Waals surface area contributed by atoms with E-state index >= 15 is 0 Å². The van der Waals surface area contributed by atoms with Crippen molar-refractivity contribution in [1.82, 2.24) is 0 Å². The quantitative estimate of drug-likeness (QED) is 0.158. The fraction of sp³-hybridized carbons (Fsp3) is 0.0769. The summed E-state index contributed by atoms with van der Waals surface area (Å²) in [5.41, 5.74) is 0. The Morgan fingerprint density at radius 3 is 0.412 bits per heavy atom. The summed E-state index contributed by atoms with van der Waals surface area (Å²) >= 11 is 0. The highest BCUT2D eigenvalue weighted by atomic mass is 16.3. The van der Waals surface area contributed by atoms with E-state index in [9.17, 15) is 0 Å². The van der Waals surface area contributed by atoms with Crippen LogP contribution in [0, 0.1) is 0 Å². The van der Waals surface area contributed by atoms with Gasteiger partial charge in [-0.05, 0) is 48.5 Å². The van der Waals surface area contributed by atoms with E-state index in [4.69, 9.17) is 40.9 Å². The molecule has 0 fully saturated rings. The zero-order chi connectivity index (χ0) is 25.9. The molecule has 0 radical (unpaired) electrons. The Kier molecular flexibility index (Phi) is 14.6. The largest absolute Gasteiger partial charge is 0.504 e. The molecule has 0 spiro atoms. The van der Waals surface area contributed by atoms with Crippen LogP contribution >= 0.6 is 0 Å². The second-order valence-electron chi connectivity index (χ2n) is 5.95. The lowest BCUT2D eigenvalue weighted by Gasteiger charge is -1.91. The van der Waals surface area contributed by atoms with Crippen LogP contribution in [0.3, 0.4) is 0 Å². The van der Waals surface area contributed by atoms with Crippen molar-refractivity contribution in [3.05, 3.63) is 97.1 Å². The molecule has 0 bridgehead atoms. The summed E-state index contributed by atoms with van der Waals surface area (Å²) in [5.74, 6) is -0.611. The standard InChI is InChI=1S/4C6H6O2.C2H6/c4*7-5-3-1-2-4-6(5)8;1-2/h4*1-4,7-8H;1-2H3. The van der Waals surface area contributed by atoms with Crippen molar-refractivity contribution >= 4 is 0 Å². The first kappa shape index (κ1) is 29.3. The molecular formula is C26H30O8. The lowest BCUT2D eigenvalue weighted by atomic mass is 10.3. The van der Waals surface area contributed by atoms with Crippen LogP contribution in [0.2, 0.25) is 0 Å². The van der Waals surface area contributed by atoms with Gasteiger partial charge in [-0.1, -0.05) is 62.4 Å². The molecule has 0 unspecified atom stereocenters. The van der Waals surface area contributed by atoms with Crippen LogP contribution in [0.4, 0.5) is 0 Å². The minimum absolute atomic E-state index is 0.0764. The summed E-state index contributed by atoms with van der Waals surface area (Å²) in [6, 6.07) is 24.6. The predicted molar refractivity (Wildman–Crippen MR) is 130 cm³/mol. The fourth-order valence-corrected chi connectivity index (χ4v) is 1.86. The Bertz CT molecular complexity index is 825. The van der Waals surface area contributed by atoms with Crippen LogP contribution in [0.1, 0.15) is 13.8 Å². The number of hydrogen-bond donors (Lipinski definition) is 8. The highest BCUT2D eigenvalue weighted by molar-refractivity contribution is 5.37. The zero-order valence-corrected chi connectivity index (χ0v) is 18.8. The highest BCUT2D eigenvalue weighted by Gasteiger charge is 1.92. The van der Waals surface area contributed by atoms with Crippen LogP contribution in [0.15, 0.2) is 97.1 Å². The van der Waals surface area contributed by atoms with Crippen LogP contribution < -0.4 is 0 Å². The minimum atomic E-state index is -0.0764. The number of para-hydroxylation sites is 8. The second kappa shape index (κ2) is 16.9. The van der Waals surface area contributed by atoms with Crippen molar-refractivity contribution in [3.8, 4) is 46.0 Å². The Morgan fingerprint density at radius 1 is 0.265 bits per heavy atom. The van der Waals surface area contributed by atoms with Gasteiger partial charge < -0.3 is 40.9 Å².